The van der Waals surface area contributed by atoms with E-state index < -0.39 is 11.9 Å². The highest BCUT2D eigenvalue weighted by Crippen LogP contribution is 2.32. The van der Waals surface area contributed by atoms with Gasteiger partial charge in [0.2, 0.25) is 0 Å². The first-order chi connectivity index (χ1) is 8.02. The summed E-state index contributed by atoms with van der Waals surface area (Å²) < 4.78 is 1.99. The topological polar surface area (TPSA) is 42.2 Å². The number of aromatic nitrogens is 1. The van der Waals surface area contributed by atoms with Gasteiger partial charge < -0.3 is 9.67 Å². The van der Waals surface area contributed by atoms with E-state index in [0.29, 0.717) is 0 Å². The average Bonchev–Trinajstić information content (AvgIpc) is 2.56. The Morgan fingerprint density at radius 3 is 2.53 bits per heavy atom. The maximum Gasteiger partial charge on any atom is 0.311 e. The number of hydrogen-bond acceptors (Lipinski definition) is 1. The Morgan fingerprint density at radius 2 is 1.94 bits per heavy atom. The van der Waals surface area contributed by atoms with E-state index in [-0.39, 0.29) is 5.92 Å². The molecular weight excluding hydrogens is 214 g/mol. The number of aliphatic carboxylic acids is 1. The Bertz CT molecular complexity index is 554. The van der Waals surface area contributed by atoms with Crippen molar-refractivity contribution in [2.45, 2.75) is 19.8 Å². The van der Waals surface area contributed by atoms with Crippen LogP contribution >= 0.6 is 0 Å². The third-order valence-electron chi connectivity index (χ3n) is 3.20. The molecule has 1 aromatic heterocycles. The molecule has 2 aromatic rings. The SMILES string of the molecule is CC(C)C(C(=O)O)c1cn(C)c2ccccc12. The summed E-state index contributed by atoms with van der Waals surface area (Å²) in [7, 11) is 1.95. The van der Waals surface area contributed by atoms with Gasteiger partial charge in [-0.1, -0.05) is 32.0 Å². The van der Waals surface area contributed by atoms with Crippen molar-refractivity contribution in [3.63, 3.8) is 0 Å². The maximum absolute atomic E-state index is 11.4. The fourth-order valence-corrected chi connectivity index (χ4v) is 2.40. The molecule has 0 amide bonds. The Labute approximate surface area is 101 Å². The number of benzene rings is 1. The molecule has 90 valence electrons. The van der Waals surface area contributed by atoms with Crippen LogP contribution in [0, 0.1) is 5.92 Å². The first-order valence-corrected chi connectivity index (χ1v) is 5.79. The number of aryl methyl sites for hydroxylation is 1. The monoisotopic (exact) mass is 231 g/mol. The number of nitrogens with zero attached hydrogens (tertiary/aromatic N) is 1. The van der Waals surface area contributed by atoms with Crippen molar-refractivity contribution in [2.24, 2.45) is 13.0 Å². The molecule has 2 rings (SSSR count). The molecule has 3 nitrogen and oxygen atoms in total. The van der Waals surface area contributed by atoms with Gasteiger partial charge >= 0.3 is 5.97 Å². The van der Waals surface area contributed by atoms with Gasteiger partial charge in [-0.2, -0.15) is 0 Å². The molecule has 0 saturated carbocycles. The highest BCUT2D eigenvalue weighted by Gasteiger charge is 2.26. The van der Waals surface area contributed by atoms with Crippen molar-refractivity contribution in [3.05, 3.63) is 36.0 Å². The summed E-state index contributed by atoms with van der Waals surface area (Å²) >= 11 is 0. The van der Waals surface area contributed by atoms with E-state index in [9.17, 15) is 9.90 Å². The van der Waals surface area contributed by atoms with E-state index in [1.54, 1.807) is 0 Å². The fourth-order valence-electron chi connectivity index (χ4n) is 2.40. The normalized spacial score (nSPS) is 13.2. The molecule has 1 heterocycles. The summed E-state index contributed by atoms with van der Waals surface area (Å²) in [5.74, 6) is -1.12. The van der Waals surface area contributed by atoms with E-state index >= 15 is 0 Å². The summed E-state index contributed by atoms with van der Waals surface area (Å²) in [6.07, 6.45) is 1.93. The van der Waals surface area contributed by atoms with Crippen molar-refractivity contribution in [1.82, 2.24) is 4.57 Å². The van der Waals surface area contributed by atoms with Crippen molar-refractivity contribution in [2.75, 3.05) is 0 Å². The number of carbonyl (C=O) groups is 1. The molecule has 0 fully saturated rings. The van der Waals surface area contributed by atoms with Gasteiger partial charge in [-0.15, -0.1) is 0 Å². The van der Waals surface area contributed by atoms with Gasteiger partial charge in [-0.25, -0.2) is 0 Å². The zero-order valence-electron chi connectivity index (χ0n) is 10.3. The van der Waals surface area contributed by atoms with E-state index in [4.69, 9.17) is 0 Å². The smallest absolute Gasteiger partial charge is 0.311 e. The largest absolute Gasteiger partial charge is 0.481 e. The van der Waals surface area contributed by atoms with E-state index in [0.717, 1.165) is 16.5 Å². The van der Waals surface area contributed by atoms with Crippen LogP contribution < -0.4 is 0 Å². The number of fused-ring (bicyclic) bond motifs is 1. The van der Waals surface area contributed by atoms with Crippen LogP contribution in [0.2, 0.25) is 0 Å². The van der Waals surface area contributed by atoms with Gasteiger partial charge in [0, 0.05) is 24.1 Å². The third-order valence-corrected chi connectivity index (χ3v) is 3.20. The second-order valence-corrected chi connectivity index (χ2v) is 4.77. The van der Waals surface area contributed by atoms with Crippen LogP contribution in [0.15, 0.2) is 30.5 Å². The lowest BCUT2D eigenvalue weighted by atomic mass is 9.88. The summed E-state index contributed by atoms with van der Waals surface area (Å²) in [5, 5.41) is 10.4. The Morgan fingerprint density at radius 1 is 1.29 bits per heavy atom. The number of carboxylic acids is 1. The van der Waals surface area contributed by atoms with Crippen LogP contribution in [0.1, 0.15) is 25.3 Å². The molecule has 1 unspecified atom stereocenters. The van der Waals surface area contributed by atoms with Crippen LogP contribution in [-0.4, -0.2) is 15.6 Å². The molecule has 1 aromatic carbocycles. The predicted molar refractivity (Wildman–Crippen MR) is 68.1 cm³/mol. The number of rotatable bonds is 3. The minimum absolute atomic E-state index is 0.0818. The Hall–Kier alpha value is -1.77. The second kappa shape index (κ2) is 4.24. The zero-order valence-corrected chi connectivity index (χ0v) is 10.3. The van der Waals surface area contributed by atoms with Crippen LogP contribution in [-0.2, 0) is 11.8 Å². The van der Waals surface area contributed by atoms with Crippen LogP contribution in [0.4, 0.5) is 0 Å². The molecule has 1 atom stereocenters. The standard InChI is InChI=1S/C14H17NO2/c1-9(2)13(14(16)17)11-8-15(3)12-7-5-4-6-10(11)12/h4-9,13H,1-3H3,(H,16,17). The summed E-state index contributed by atoms with van der Waals surface area (Å²) in [6.45, 7) is 3.89. The van der Waals surface area contributed by atoms with E-state index in [2.05, 4.69) is 0 Å². The predicted octanol–water partition coefficient (Wildman–Crippen LogP) is 3.00. The Balaban J connectivity index is 2.65. The first-order valence-electron chi connectivity index (χ1n) is 5.79. The molecule has 17 heavy (non-hydrogen) atoms. The molecule has 1 N–H and O–H groups in total. The third kappa shape index (κ3) is 1.93. The van der Waals surface area contributed by atoms with E-state index in [1.165, 1.54) is 0 Å². The van der Waals surface area contributed by atoms with Gasteiger partial charge in [0.1, 0.15) is 0 Å². The lowest BCUT2D eigenvalue weighted by Crippen LogP contribution is -2.17. The number of hydrogen-bond donors (Lipinski definition) is 1. The molecule has 0 saturated heterocycles. The molecule has 0 spiro atoms. The van der Waals surface area contributed by atoms with Gasteiger partial charge in [0.15, 0.2) is 0 Å². The molecule has 0 aliphatic rings. The van der Waals surface area contributed by atoms with Gasteiger partial charge in [-0.3, -0.25) is 4.79 Å². The second-order valence-electron chi connectivity index (χ2n) is 4.77. The van der Waals surface area contributed by atoms with Crippen LogP contribution in [0.25, 0.3) is 10.9 Å². The van der Waals surface area contributed by atoms with Gasteiger partial charge in [0.05, 0.1) is 5.92 Å². The molecule has 3 heteroatoms. The highest BCUT2D eigenvalue weighted by molar-refractivity contribution is 5.90. The van der Waals surface area contributed by atoms with Crippen molar-refractivity contribution in [3.8, 4) is 0 Å². The minimum atomic E-state index is -0.753. The van der Waals surface area contributed by atoms with Crippen molar-refractivity contribution >= 4 is 16.9 Å². The van der Waals surface area contributed by atoms with Crippen molar-refractivity contribution < 1.29 is 9.90 Å². The average molecular weight is 231 g/mol. The Kier molecular flexibility index (Phi) is 2.92. The number of para-hydroxylation sites is 1. The molecular formula is C14H17NO2. The van der Waals surface area contributed by atoms with Gasteiger partial charge in [0.25, 0.3) is 0 Å². The highest BCUT2D eigenvalue weighted by atomic mass is 16.4. The maximum atomic E-state index is 11.4. The number of carboxylic acid groups (broad SMARTS) is 1. The summed E-state index contributed by atoms with van der Waals surface area (Å²) in [4.78, 5) is 11.4. The molecule has 0 aliphatic carbocycles. The zero-order chi connectivity index (χ0) is 12.6. The van der Waals surface area contributed by atoms with E-state index in [1.807, 2.05) is 55.9 Å². The quantitative estimate of drug-likeness (QED) is 0.882. The molecule has 0 aliphatic heterocycles. The van der Waals surface area contributed by atoms with Crippen LogP contribution in [0.5, 0.6) is 0 Å². The minimum Gasteiger partial charge on any atom is -0.481 e. The fraction of sp³-hybridized carbons (Fsp3) is 0.357. The first kappa shape index (κ1) is 11.7. The van der Waals surface area contributed by atoms with Crippen molar-refractivity contribution in [1.29, 1.82) is 0 Å². The van der Waals surface area contributed by atoms with Crippen LogP contribution in [0.3, 0.4) is 0 Å². The molecule has 0 radical (unpaired) electrons. The van der Waals surface area contributed by atoms with Gasteiger partial charge in [-0.05, 0) is 17.5 Å². The lowest BCUT2D eigenvalue weighted by Gasteiger charge is -2.15. The summed E-state index contributed by atoms with van der Waals surface area (Å²) in [6, 6.07) is 7.92. The summed E-state index contributed by atoms with van der Waals surface area (Å²) in [5.41, 5.74) is 1.99. The lowest BCUT2D eigenvalue weighted by molar-refractivity contribution is -0.139. The molecule has 0 bridgehead atoms.